The first-order valence-corrected chi connectivity index (χ1v) is 8.41. The summed E-state index contributed by atoms with van der Waals surface area (Å²) in [5.74, 6) is 0.369. The molecule has 3 rings (SSSR count). The lowest BCUT2D eigenvalue weighted by atomic mass is 10.2. The number of aromatic nitrogens is 2. The van der Waals surface area contributed by atoms with E-state index >= 15 is 0 Å². The molecule has 1 unspecified atom stereocenters. The summed E-state index contributed by atoms with van der Waals surface area (Å²) in [5, 5.41) is 4.11. The third kappa shape index (κ3) is 3.15. The lowest BCUT2D eigenvalue weighted by molar-refractivity contribution is 0.519. The monoisotopic (exact) mass is 306 g/mol. The van der Waals surface area contributed by atoms with Crippen molar-refractivity contribution in [2.24, 2.45) is 11.7 Å². The van der Waals surface area contributed by atoms with E-state index in [1.807, 2.05) is 30.3 Å². The molecule has 3 N–H and O–H groups in total. The number of nitrogens with one attached hydrogen (secondary N) is 1. The number of benzene rings is 1. The largest absolute Gasteiger partial charge is 0.329 e. The minimum atomic E-state index is -3.58. The molecule has 1 atom stereocenters. The van der Waals surface area contributed by atoms with Gasteiger partial charge in [-0.3, -0.25) is 0 Å². The number of para-hydroxylation sites is 1. The fourth-order valence-corrected chi connectivity index (χ4v) is 3.52. The van der Waals surface area contributed by atoms with Crippen LogP contribution in [-0.4, -0.2) is 30.8 Å². The van der Waals surface area contributed by atoms with Crippen molar-refractivity contribution in [3.63, 3.8) is 0 Å². The molecule has 0 amide bonds. The molecule has 1 heterocycles. The molecule has 112 valence electrons. The Kier molecular flexibility index (Phi) is 3.79. The topological polar surface area (TPSA) is 90.0 Å². The highest BCUT2D eigenvalue weighted by atomic mass is 32.2. The van der Waals surface area contributed by atoms with E-state index in [0.29, 0.717) is 12.5 Å². The van der Waals surface area contributed by atoms with Gasteiger partial charge in [-0.15, -0.1) is 0 Å². The number of nitrogens with two attached hydrogens (primary N) is 1. The standard InChI is InChI=1S/C14H18N4O2S/c15-8-14(11-6-7-11)17-21(19,20)13-9-16-18(10-13)12-4-2-1-3-5-12/h1-5,9-11,14,17H,6-8,15H2. The van der Waals surface area contributed by atoms with Gasteiger partial charge in [0.25, 0.3) is 0 Å². The molecular weight excluding hydrogens is 288 g/mol. The second kappa shape index (κ2) is 5.59. The second-order valence-corrected chi connectivity index (χ2v) is 6.97. The summed E-state index contributed by atoms with van der Waals surface area (Å²) in [4.78, 5) is 0.158. The van der Waals surface area contributed by atoms with Gasteiger partial charge >= 0.3 is 0 Å². The molecule has 1 fully saturated rings. The lowest BCUT2D eigenvalue weighted by Crippen LogP contribution is -2.41. The molecule has 0 spiro atoms. The number of sulfonamides is 1. The molecule has 2 aromatic rings. The van der Waals surface area contributed by atoms with Crippen molar-refractivity contribution in [2.45, 2.75) is 23.8 Å². The molecule has 0 radical (unpaired) electrons. The van der Waals surface area contributed by atoms with E-state index in [9.17, 15) is 8.42 Å². The molecule has 21 heavy (non-hydrogen) atoms. The van der Waals surface area contributed by atoms with Crippen LogP contribution in [0.3, 0.4) is 0 Å². The molecule has 6 nitrogen and oxygen atoms in total. The fraction of sp³-hybridized carbons (Fsp3) is 0.357. The maximum atomic E-state index is 12.4. The average Bonchev–Trinajstić information content (AvgIpc) is 3.21. The fourth-order valence-electron chi connectivity index (χ4n) is 2.27. The van der Waals surface area contributed by atoms with Crippen LogP contribution in [0.2, 0.25) is 0 Å². The van der Waals surface area contributed by atoms with Gasteiger partial charge < -0.3 is 5.73 Å². The molecule has 0 bridgehead atoms. The van der Waals surface area contributed by atoms with Crippen LogP contribution in [0, 0.1) is 5.92 Å². The first kappa shape index (κ1) is 14.2. The predicted molar refractivity (Wildman–Crippen MR) is 79.5 cm³/mol. The molecular formula is C14H18N4O2S. The van der Waals surface area contributed by atoms with Gasteiger partial charge in [-0.2, -0.15) is 5.10 Å². The normalized spacial score (nSPS) is 16.8. The van der Waals surface area contributed by atoms with Gasteiger partial charge in [0.2, 0.25) is 10.0 Å². The molecule has 1 aliphatic carbocycles. The van der Waals surface area contributed by atoms with E-state index in [1.54, 1.807) is 4.68 Å². The highest BCUT2D eigenvalue weighted by Crippen LogP contribution is 2.32. The minimum Gasteiger partial charge on any atom is -0.329 e. The number of hydrogen-bond acceptors (Lipinski definition) is 4. The first-order chi connectivity index (χ1) is 10.1. The lowest BCUT2D eigenvalue weighted by Gasteiger charge is -2.15. The summed E-state index contributed by atoms with van der Waals surface area (Å²) >= 11 is 0. The zero-order valence-corrected chi connectivity index (χ0v) is 12.3. The van der Waals surface area contributed by atoms with E-state index in [0.717, 1.165) is 18.5 Å². The van der Waals surface area contributed by atoms with Crippen molar-refractivity contribution in [3.8, 4) is 5.69 Å². The van der Waals surface area contributed by atoms with E-state index in [4.69, 9.17) is 5.73 Å². The maximum Gasteiger partial charge on any atom is 0.244 e. The van der Waals surface area contributed by atoms with Crippen LogP contribution in [0.1, 0.15) is 12.8 Å². The Morgan fingerprint density at radius 1 is 1.33 bits per heavy atom. The van der Waals surface area contributed by atoms with Crippen molar-refractivity contribution in [1.82, 2.24) is 14.5 Å². The van der Waals surface area contributed by atoms with Crippen molar-refractivity contribution in [2.75, 3.05) is 6.54 Å². The SMILES string of the molecule is NCC(NS(=O)(=O)c1cnn(-c2ccccc2)c1)C1CC1. The Hall–Kier alpha value is -1.70. The summed E-state index contributed by atoms with van der Waals surface area (Å²) in [6, 6.07) is 9.19. The molecule has 7 heteroatoms. The predicted octanol–water partition coefficient (Wildman–Crippen LogP) is 0.888. The molecule has 1 aromatic carbocycles. The third-order valence-corrected chi connectivity index (χ3v) is 5.09. The van der Waals surface area contributed by atoms with Crippen LogP contribution in [-0.2, 0) is 10.0 Å². The zero-order valence-electron chi connectivity index (χ0n) is 11.5. The highest BCUT2D eigenvalue weighted by Gasteiger charge is 2.33. The molecule has 0 saturated heterocycles. The molecule has 1 aromatic heterocycles. The van der Waals surface area contributed by atoms with Gasteiger partial charge in [0.1, 0.15) is 4.90 Å². The van der Waals surface area contributed by atoms with Crippen molar-refractivity contribution < 1.29 is 8.42 Å². The van der Waals surface area contributed by atoms with Crippen LogP contribution in [0.5, 0.6) is 0 Å². The summed E-state index contributed by atoms with van der Waals surface area (Å²) < 4.78 is 28.9. The smallest absolute Gasteiger partial charge is 0.244 e. The van der Waals surface area contributed by atoms with E-state index in [2.05, 4.69) is 9.82 Å². The van der Waals surface area contributed by atoms with Crippen molar-refractivity contribution in [1.29, 1.82) is 0 Å². The van der Waals surface area contributed by atoms with Gasteiger partial charge in [-0.25, -0.2) is 17.8 Å². The summed E-state index contributed by atoms with van der Waals surface area (Å²) in [7, 11) is -3.58. The second-order valence-electron chi connectivity index (χ2n) is 5.26. The zero-order chi connectivity index (χ0) is 14.9. The van der Waals surface area contributed by atoms with Gasteiger partial charge in [-0.1, -0.05) is 18.2 Å². The quantitative estimate of drug-likeness (QED) is 0.829. The Labute approximate surface area is 124 Å². The van der Waals surface area contributed by atoms with Gasteiger partial charge in [-0.05, 0) is 30.9 Å². The molecule has 1 aliphatic rings. The Morgan fingerprint density at radius 2 is 2.05 bits per heavy atom. The number of rotatable bonds is 6. The van der Waals surface area contributed by atoms with Crippen LogP contribution in [0.25, 0.3) is 5.69 Å². The molecule has 1 saturated carbocycles. The summed E-state index contributed by atoms with van der Waals surface area (Å²) in [5.41, 5.74) is 6.46. The van der Waals surface area contributed by atoms with Crippen LogP contribution in [0.4, 0.5) is 0 Å². The van der Waals surface area contributed by atoms with Crippen LogP contribution in [0.15, 0.2) is 47.6 Å². The van der Waals surface area contributed by atoms with Crippen molar-refractivity contribution in [3.05, 3.63) is 42.7 Å². The Morgan fingerprint density at radius 3 is 2.67 bits per heavy atom. The van der Waals surface area contributed by atoms with Gasteiger partial charge in [0.05, 0.1) is 18.1 Å². The number of nitrogens with zero attached hydrogens (tertiary/aromatic N) is 2. The maximum absolute atomic E-state index is 12.4. The van der Waals surface area contributed by atoms with E-state index in [1.165, 1.54) is 12.4 Å². The van der Waals surface area contributed by atoms with E-state index in [-0.39, 0.29) is 10.9 Å². The van der Waals surface area contributed by atoms with Crippen molar-refractivity contribution >= 4 is 10.0 Å². The third-order valence-electron chi connectivity index (χ3n) is 3.64. The summed E-state index contributed by atoms with van der Waals surface area (Å²) in [6.45, 7) is 0.316. The number of hydrogen-bond donors (Lipinski definition) is 2. The van der Waals surface area contributed by atoms with Gasteiger partial charge in [0.15, 0.2) is 0 Å². The molecule has 0 aliphatic heterocycles. The Bertz CT molecular complexity index is 708. The average molecular weight is 306 g/mol. The Balaban J connectivity index is 1.81. The van der Waals surface area contributed by atoms with Crippen LogP contribution >= 0.6 is 0 Å². The summed E-state index contributed by atoms with van der Waals surface area (Å²) in [6.07, 6.45) is 4.94. The van der Waals surface area contributed by atoms with Crippen LogP contribution < -0.4 is 10.5 Å². The van der Waals surface area contributed by atoms with Gasteiger partial charge in [0, 0.05) is 12.6 Å². The first-order valence-electron chi connectivity index (χ1n) is 6.92. The van der Waals surface area contributed by atoms with E-state index < -0.39 is 10.0 Å². The highest BCUT2D eigenvalue weighted by molar-refractivity contribution is 7.89. The minimum absolute atomic E-state index is 0.158.